The Kier molecular flexibility index (Phi) is 6.12. The van der Waals surface area contributed by atoms with Gasteiger partial charge in [-0.15, -0.1) is 13.2 Å². The van der Waals surface area contributed by atoms with E-state index in [1.165, 1.54) is 0 Å². The van der Waals surface area contributed by atoms with Gasteiger partial charge in [-0.2, -0.15) is 18.2 Å². The number of ether oxygens (including phenoxy) is 1. The molecule has 152 valence electrons. The number of aromatic nitrogens is 2. The molecule has 0 unspecified atom stereocenters. The summed E-state index contributed by atoms with van der Waals surface area (Å²) < 4.78 is 78.5. The lowest BCUT2D eigenvalue weighted by atomic mass is 10.3. The molecule has 3 N–H and O–H groups in total. The molecule has 0 aliphatic carbocycles. The number of anilines is 3. The van der Waals surface area contributed by atoms with Crippen LogP contribution >= 0.6 is 0 Å². The largest absolute Gasteiger partial charge is 0.573 e. The number of nitrogens with zero attached hydrogens (tertiary/aromatic N) is 2. The number of carbonyl (C=O) groups excluding carboxylic acids is 1. The molecule has 0 saturated carbocycles. The predicted molar refractivity (Wildman–Crippen MR) is 83.4 cm³/mol. The summed E-state index contributed by atoms with van der Waals surface area (Å²) in [6.45, 7) is 0. The Morgan fingerprint density at radius 1 is 1.00 bits per heavy atom. The van der Waals surface area contributed by atoms with E-state index in [4.69, 9.17) is 0 Å². The van der Waals surface area contributed by atoms with Gasteiger partial charge in [-0.3, -0.25) is 10.2 Å². The highest BCUT2D eigenvalue weighted by Crippen LogP contribution is 2.29. The van der Waals surface area contributed by atoms with Crippen LogP contribution in [0.4, 0.5) is 48.6 Å². The van der Waals surface area contributed by atoms with Crippen LogP contribution in [0.3, 0.4) is 0 Å². The minimum atomic E-state index is -4.87. The number of benzene rings is 1. The Morgan fingerprint density at radius 2 is 1.64 bits per heavy atom. The molecule has 2 amide bonds. The van der Waals surface area contributed by atoms with Gasteiger partial charge in [-0.1, -0.05) is 0 Å². The molecule has 0 aliphatic heterocycles. The summed E-state index contributed by atoms with van der Waals surface area (Å²) in [5, 5.41) is 4.17. The van der Waals surface area contributed by atoms with E-state index < -0.39 is 36.0 Å². The van der Waals surface area contributed by atoms with E-state index in [0.29, 0.717) is 6.07 Å². The summed E-state index contributed by atoms with van der Waals surface area (Å²) >= 11 is 0. The first-order valence-corrected chi connectivity index (χ1v) is 7.15. The lowest BCUT2D eigenvalue weighted by Gasteiger charge is -2.12. The van der Waals surface area contributed by atoms with Crippen molar-refractivity contribution in [3.05, 3.63) is 36.0 Å². The number of alkyl halides is 6. The monoisotopic (exact) mass is 411 g/mol. The van der Waals surface area contributed by atoms with E-state index in [9.17, 15) is 31.1 Å². The molecule has 0 fully saturated rings. The zero-order valence-electron chi connectivity index (χ0n) is 13.8. The first-order chi connectivity index (χ1) is 13.0. The molecule has 1 aromatic heterocycles. The van der Waals surface area contributed by atoms with Crippen LogP contribution in [0.2, 0.25) is 0 Å². The molecule has 1 heterocycles. The minimum Gasteiger partial charge on any atom is -0.406 e. The van der Waals surface area contributed by atoms with E-state index in [-0.39, 0.29) is 11.5 Å². The average Bonchev–Trinajstić information content (AvgIpc) is 2.54. The number of hydrogen-bond acceptors (Lipinski definition) is 6. The molecule has 2 rings (SSSR count). The van der Waals surface area contributed by atoms with Crippen molar-refractivity contribution in [3.63, 3.8) is 0 Å². The maximum absolute atomic E-state index is 12.8. The molecule has 0 aliphatic rings. The van der Waals surface area contributed by atoms with Gasteiger partial charge in [-0.05, 0) is 24.3 Å². The minimum absolute atomic E-state index is 0.0363. The molecule has 0 saturated heterocycles. The van der Waals surface area contributed by atoms with Crippen molar-refractivity contribution in [1.82, 2.24) is 9.97 Å². The van der Waals surface area contributed by atoms with Gasteiger partial charge in [0.05, 0.1) is 7.11 Å². The first kappa shape index (κ1) is 21.0. The molecule has 28 heavy (non-hydrogen) atoms. The molecule has 2 aromatic rings. The number of hydrogen-bond donors (Lipinski definition) is 3. The molecule has 0 bridgehead atoms. The van der Waals surface area contributed by atoms with Gasteiger partial charge < -0.3 is 10.1 Å². The molecule has 0 spiro atoms. The van der Waals surface area contributed by atoms with E-state index in [1.54, 1.807) is 0 Å². The summed E-state index contributed by atoms with van der Waals surface area (Å²) in [7, 11) is 1.14. The van der Waals surface area contributed by atoms with Gasteiger partial charge in [0.1, 0.15) is 5.75 Å². The highest BCUT2D eigenvalue weighted by molar-refractivity contribution is 5.98. The Morgan fingerprint density at radius 3 is 2.18 bits per heavy atom. The molecule has 1 aromatic carbocycles. The summed E-state index contributed by atoms with van der Waals surface area (Å²) in [6.07, 6.45) is -9.69. The Balaban J connectivity index is 2.09. The van der Waals surface area contributed by atoms with Crippen LogP contribution in [-0.2, 0) is 11.0 Å². The number of nitrogens with one attached hydrogen (secondary N) is 3. The van der Waals surface area contributed by atoms with E-state index in [0.717, 1.165) is 31.4 Å². The van der Waals surface area contributed by atoms with E-state index >= 15 is 0 Å². The molecule has 8 nitrogen and oxygen atoms in total. The maximum atomic E-state index is 12.8. The Labute approximate surface area is 152 Å². The summed E-state index contributed by atoms with van der Waals surface area (Å²) in [5.41, 5.74) is 0.774. The fourth-order valence-corrected chi connectivity index (χ4v) is 1.81. The van der Waals surface area contributed by atoms with Gasteiger partial charge in [0.2, 0.25) is 5.95 Å². The van der Waals surface area contributed by atoms with Crippen molar-refractivity contribution in [2.45, 2.75) is 12.5 Å². The van der Waals surface area contributed by atoms with Gasteiger partial charge >= 0.3 is 18.6 Å². The normalized spacial score (nSPS) is 11.7. The van der Waals surface area contributed by atoms with Gasteiger partial charge in [0.25, 0.3) is 0 Å². The topological polar surface area (TPSA) is 97.4 Å². The fourth-order valence-electron chi connectivity index (χ4n) is 1.81. The second-order valence-electron chi connectivity index (χ2n) is 4.92. The third-order valence-electron chi connectivity index (χ3n) is 2.79. The summed E-state index contributed by atoms with van der Waals surface area (Å²) in [6, 6.07) is 3.57. The molecule has 0 radical (unpaired) electrons. The highest BCUT2D eigenvalue weighted by atomic mass is 19.4. The molecule has 14 heteroatoms. The number of rotatable bonds is 5. The number of urea groups is 1. The van der Waals surface area contributed by atoms with Gasteiger partial charge in [-0.25, -0.2) is 15.3 Å². The third kappa shape index (κ3) is 6.46. The van der Waals surface area contributed by atoms with Crippen molar-refractivity contribution in [2.24, 2.45) is 0 Å². The quantitative estimate of drug-likeness (QED) is 0.508. The smallest absolute Gasteiger partial charge is 0.406 e. The number of halogens is 6. The summed E-state index contributed by atoms with van der Waals surface area (Å²) in [4.78, 5) is 23.1. The number of amides is 2. The highest BCUT2D eigenvalue weighted by Gasteiger charge is 2.34. The van der Waals surface area contributed by atoms with Crippen molar-refractivity contribution in [1.29, 1.82) is 0 Å². The van der Waals surface area contributed by atoms with Crippen LogP contribution in [0.15, 0.2) is 30.3 Å². The van der Waals surface area contributed by atoms with Crippen molar-refractivity contribution < 1.29 is 40.7 Å². The van der Waals surface area contributed by atoms with Crippen LogP contribution in [0.25, 0.3) is 0 Å². The zero-order valence-corrected chi connectivity index (χ0v) is 13.8. The predicted octanol–water partition coefficient (Wildman–Crippen LogP) is 4.01. The van der Waals surface area contributed by atoms with Crippen LogP contribution < -0.4 is 20.9 Å². The average molecular weight is 411 g/mol. The lowest BCUT2D eigenvalue weighted by Crippen LogP contribution is -2.22. The van der Waals surface area contributed by atoms with E-state index in [1.807, 2.05) is 5.32 Å². The fraction of sp³-hybridized carbons (Fsp3) is 0.214. The maximum Gasteiger partial charge on any atom is 0.573 e. The summed E-state index contributed by atoms with van der Waals surface area (Å²) in [5.74, 6) is -1.58. The molecule has 0 atom stereocenters. The van der Waals surface area contributed by atoms with Gasteiger partial charge in [0.15, 0.2) is 11.5 Å². The van der Waals surface area contributed by atoms with Crippen LogP contribution in [0.1, 0.15) is 5.69 Å². The number of carbonyl (C=O) groups is 1. The van der Waals surface area contributed by atoms with Crippen molar-refractivity contribution in [2.75, 3.05) is 23.2 Å². The van der Waals surface area contributed by atoms with Crippen molar-refractivity contribution >= 4 is 23.5 Å². The zero-order chi connectivity index (χ0) is 20.9. The van der Waals surface area contributed by atoms with Crippen LogP contribution in [0.5, 0.6) is 5.75 Å². The molecular formula is C14H11F6N5O3. The first-order valence-electron chi connectivity index (χ1n) is 7.15. The standard InChI is InChI=1S/C14H11F6N5O3/c1-27-25-10-6-9(13(15,16)17)22-11(23-10)24-12(26)21-7-2-4-8(5-3-7)28-14(18,19)20/h2-6H,1H3,(H3,21,22,23,24,25,26). The second kappa shape index (κ2) is 8.16. The van der Waals surface area contributed by atoms with Crippen molar-refractivity contribution in [3.8, 4) is 5.75 Å². The lowest BCUT2D eigenvalue weighted by molar-refractivity contribution is -0.274. The second-order valence-corrected chi connectivity index (χ2v) is 4.92. The SMILES string of the molecule is CONc1cc(C(F)(F)F)nc(NC(=O)Nc2ccc(OC(F)(F)F)cc2)n1. The Bertz CT molecular complexity index is 826. The van der Waals surface area contributed by atoms with Crippen LogP contribution in [0, 0.1) is 0 Å². The van der Waals surface area contributed by atoms with Gasteiger partial charge in [0, 0.05) is 11.8 Å². The van der Waals surface area contributed by atoms with E-state index in [2.05, 4.69) is 30.3 Å². The Hall–Kier alpha value is -3.29. The third-order valence-corrected chi connectivity index (χ3v) is 2.79. The van der Waals surface area contributed by atoms with Crippen LogP contribution in [-0.4, -0.2) is 29.5 Å². The molecular weight excluding hydrogens is 400 g/mol.